The molecule has 0 spiro atoms. The molecule has 0 aliphatic carbocycles. The number of rotatable bonds is 2. The molecular weight excluding hydrogens is 238 g/mol. The van der Waals surface area contributed by atoms with Gasteiger partial charge in [0, 0.05) is 19.1 Å². The van der Waals surface area contributed by atoms with Crippen LogP contribution in [0.15, 0.2) is 48.7 Å². The average molecular weight is 256 g/mol. The fourth-order valence-corrected chi connectivity index (χ4v) is 2.90. The maximum absolute atomic E-state index is 11.1. The van der Waals surface area contributed by atoms with Gasteiger partial charge in [-0.1, -0.05) is 18.2 Å². The predicted octanol–water partition coefficient (Wildman–Crippen LogP) is 1.99. The Morgan fingerprint density at radius 2 is 1.95 bits per heavy atom. The lowest BCUT2D eigenvalue weighted by molar-refractivity contribution is -0.723. The maximum Gasteiger partial charge on any atom is 0.188 e. The molecule has 98 valence electrons. The predicted molar refractivity (Wildman–Crippen MR) is 71.9 cm³/mol. The van der Waals surface area contributed by atoms with Crippen molar-refractivity contribution >= 4 is 0 Å². The second-order valence-electron chi connectivity index (χ2n) is 5.10. The summed E-state index contributed by atoms with van der Waals surface area (Å²) in [4.78, 5) is 0. The summed E-state index contributed by atoms with van der Waals surface area (Å²) in [6.45, 7) is 2.06. The third-order valence-corrected chi connectivity index (χ3v) is 4.13. The fraction of sp³-hybridized carbons (Fsp3) is 0.312. The number of benzene rings is 1. The first kappa shape index (κ1) is 12.2. The molecule has 2 atom stereocenters. The van der Waals surface area contributed by atoms with Gasteiger partial charge in [-0.3, -0.25) is 0 Å². The zero-order chi connectivity index (χ0) is 13.5. The van der Waals surface area contributed by atoms with Crippen LogP contribution < -0.4 is 9.30 Å². The van der Waals surface area contributed by atoms with E-state index < -0.39 is 5.60 Å². The van der Waals surface area contributed by atoms with Gasteiger partial charge in [0.15, 0.2) is 23.5 Å². The highest BCUT2D eigenvalue weighted by molar-refractivity contribution is 5.32. The molecule has 2 heterocycles. The molecule has 1 aliphatic heterocycles. The minimum Gasteiger partial charge on any atom is -0.497 e. The Morgan fingerprint density at radius 1 is 1.21 bits per heavy atom. The van der Waals surface area contributed by atoms with E-state index in [4.69, 9.17) is 4.74 Å². The van der Waals surface area contributed by atoms with E-state index in [1.54, 1.807) is 7.11 Å². The van der Waals surface area contributed by atoms with Crippen LogP contribution in [0.3, 0.4) is 0 Å². The third kappa shape index (κ3) is 1.81. The molecule has 19 heavy (non-hydrogen) atoms. The second-order valence-corrected chi connectivity index (χ2v) is 5.10. The number of methoxy groups -OCH3 is 1. The highest BCUT2D eigenvalue weighted by Crippen LogP contribution is 2.38. The fourth-order valence-electron chi connectivity index (χ4n) is 2.90. The van der Waals surface area contributed by atoms with E-state index in [1.165, 1.54) is 0 Å². The molecule has 0 unspecified atom stereocenters. The van der Waals surface area contributed by atoms with Gasteiger partial charge in [-0.15, -0.1) is 0 Å². The van der Waals surface area contributed by atoms with Gasteiger partial charge >= 0.3 is 0 Å². The minimum absolute atomic E-state index is 0.0251. The van der Waals surface area contributed by atoms with Crippen LogP contribution in [-0.4, -0.2) is 12.2 Å². The third-order valence-electron chi connectivity index (χ3n) is 4.13. The van der Waals surface area contributed by atoms with E-state index in [2.05, 4.69) is 17.6 Å². The number of nitrogens with zero attached hydrogens (tertiary/aromatic N) is 1. The first-order chi connectivity index (χ1) is 9.15. The van der Waals surface area contributed by atoms with Crippen LogP contribution in [0.1, 0.15) is 24.2 Å². The largest absolute Gasteiger partial charge is 0.497 e. The summed E-state index contributed by atoms with van der Waals surface area (Å²) in [5.41, 5.74) is 1.25. The highest BCUT2D eigenvalue weighted by atomic mass is 16.5. The summed E-state index contributed by atoms with van der Waals surface area (Å²) in [7, 11) is 1.65. The van der Waals surface area contributed by atoms with E-state index >= 15 is 0 Å². The Kier molecular flexibility index (Phi) is 2.79. The number of aliphatic hydroxyl groups is 1. The van der Waals surface area contributed by atoms with Crippen molar-refractivity contribution in [2.45, 2.75) is 25.0 Å². The van der Waals surface area contributed by atoms with E-state index in [1.807, 2.05) is 42.6 Å². The van der Waals surface area contributed by atoms with Crippen molar-refractivity contribution in [3.05, 3.63) is 59.9 Å². The van der Waals surface area contributed by atoms with Crippen molar-refractivity contribution in [1.29, 1.82) is 0 Å². The van der Waals surface area contributed by atoms with Crippen LogP contribution in [0.2, 0.25) is 0 Å². The van der Waals surface area contributed by atoms with Crippen LogP contribution >= 0.6 is 0 Å². The quantitative estimate of drug-likeness (QED) is 0.834. The first-order valence-corrected chi connectivity index (χ1v) is 6.51. The molecule has 0 bridgehead atoms. The summed E-state index contributed by atoms with van der Waals surface area (Å²) in [5, 5.41) is 11.1. The Morgan fingerprint density at radius 3 is 2.58 bits per heavy atom. The van der Waals surface area contributed by atoms with Crippen molar-refractivity contribution in [2.75, 3.05) is 7.11 Å². The average Bonchev–Trinajstić information content (AvgIpc) is 2.72. The number of pyridine rings is 1. The topological polar surface area (TPSA) is 33.3 Å². The minimum atomic E-state index is -0.847. The van der Waals surface area contributed by atoms with Crippen LogP contribution in [0.25, 0.3) is 0 Å². The number of hydrogen-bond acceptors (Lipinski definition) is 2. The van der Waals surface area contributed by atoms with Crippen LogP contribution in [0.4, 0.5) is 0 Å². The zero-order valence-corrected chi connectivity index (χ0v) is 11.2. The molecule has 2 aromatic rings. The Bertz CT molecular complexity index is 594. The van der Waals surface area contributed by atoms with Crippen molar-refractivity contribution in [1.82, 2.24) is 0 Å². The lowest BCUT2D eigenvalue weighted by atomic mass is 9.86. The van der Waals surface area contributed by atoms with Crippen LogP contribution in [-0.2, 0) is 12.0 Å². The molecule has 1 aromatic carbocycles. The van der Waals surface area contributed by atoms with Gasteiger partial charge < -0.3 is 9.84 Å². The van der Waals surface area contributed by atoms with Gasteiger partial charge in [0.25, 0.3) is 0 Å². The lowest BCUT2D eigenvalue weighted by Crippen LogP contribution is -2.43. The van der Waals surface area contributed by atoms with E-state index in [-0.39, 0.29) is 6.04 Å². The van der Waals surface area contributed by atoms with Gasteiger partial charge in [-0.2, -0.15) is 4.57 Å². The van der Waals surface area contributed by atoms with E-state index in [9.17, 15) is 5.11 Å². The van der Waals surface area contributed by atoms with Gasteiger partial charge in [0.2, 0.25) is 0 Å². The Labute approximate surface area is 113 Å². The molecule has 0 amide bonds. The number of hydrogen-bond donors (Lipinski definition) is 1. The highest BCUT2D eigenvalue weighted by Gasteiger charge is 2.50. The monoisotopic (exact) mass is 256 g/mol. The van der Waals surface area contributed by atoms with E-state index in [0.717, 1.165) is 17.0 Å². The molecule has 0 fully saturated rings. The molecule has 3 nitrogen and oxygen atoms in total. The van der Waals surface area contributed by atoms with Crippen molar-refractivity contribution in [2.24, 2.45) is 0 Å². The van der Waals surface area contributed by atoms with E-state index in [0.29, 0.717) is 6.42 Å². The van der Waals surface area contributed by atoms with Gasteiger partial charge in [-0.05, 0) is 17.7 Å². The Balaban J connectivity index is 2.01. The van der Waals surface area contributed by atoms with Crippen molar-refractivity contribution < 1.29 is 14.4 Å². The summed E-state index contributed by atoms with van der Waals surface area (Å²) in [6.07, 6.45) is 2.67. The molecule has 0 radical (unpaired) electrons. The summed E-state index contributed by atoms with van der Waals surface area (Å²) in [6, 6.07) is 13.8. The maximum atomic E-state index is 11.1. The van der Waals surface area contributed by atoms with Gasteiger partial charge in [-0.25, -0.2) is 0 Å². The standard InChI is InChI=1S/C16H18NO2/c1-12-16(18,11-14-5-3-4-10-17(12)14)13-6-8-15(19-2)9-7-13/h3-10,12,18H,11H2,1-2H3/q+1/t12-,16+/m1/s1. The molecule has 3 heteroatoms. The first-order valence-electron chi connectivity index (χ1n) is 6.51. The second kappa shape index (κ2) is 4.35. The number of aromatic nitrogens is 1. The smallest absolute Gasteiger partial charge is 0.188 e. The molecular formula is C16H18NO2+. The van der Waals surface area contributed by atoms with Crippen molar-refractivity contribution in [3.63, 3.8) is 0 Å². The number of fused-ring (bicyclic) bond motifs is 1. The normalized spacial score (nSPS) is 25.1. The molecule has 0 saturated carbocycles. The molecule has 3 rings (SSSR count). The summed E-state index contributed by atoms with van der Waals surface area (Å²) >= 11 is 0. The van der Waals surface area contributed by atoms with Crippen LogP contribution in [0, 0.1) is 0 Å². The molecule has 1 aliphatic rings. The Hall–Kier alpha value is -1.87. The van der Waals surface area contributed by atoms with Crippen LogP contribution in [0.5, 0.6) is 5.75 Å². The summed E-state index contributed by atoms with van der Waals surface area (Å²) in [5.74, 6) is 0.808. The lowest BCUT2D eigenvalue weighted by Gasteiger charge is -2.23. The van der Waals surface area contributed by atoms with Gasteiger partial charge in [0.1, 0.15) is 5.75 Å². The summed E-state index contributed by atoms with van der Waals surface area (Å²) < 4.78 is 7.31. The molecule has 1 N–H and O–H groups in total. The molecule has 1 aromatic heterocycles. The number of ether oxygens (including phenoxy) is 1. The molecule has 0 saturated heterocycles. The van der Waals surface area contributed by atoms with Crippen molar-refractivity contribution in [3.8, 4) is 5.75 Å². The SMILES string of the molecule is COc1ccc([C@]2(O)Cc3cccc[n+]3[C@@H]2C)cc1. The van der Waals surface area contributed by atoms with Gasteiger partial charge in [0.05, 0.1) is 13.5 Å². The zero-order valence-electron chi connectivity index (χ0n) is 11.2.